The molecule has 0 saturated heterocycles. The van der Waals surface area contributed by atoms with Crippen LogP contribution in [0.25, 0.3) is 111 Å². The molecule has 0 aliphatic carbocycles. The van der Waals surface area contributed by atoms with Gasteiger partial charge in [-0.2, -0.15) is 0 Å². The monoisotopic (exact) mass is 1080 g/mol. The fourth-order valence-electron chi connectivity index (χ4n) is 11.4. The van der Waals surface area contributed by atoms with Crippen LogP contribution in [0.15, 0.2) is 312 Å². The summed E-state index contributed by atoms with van der Waals surface area (Å²) in [6.45, 7) is 0. The van der Waals surface area contributed by atoms with E-state index in [1.54, 1.807) is 0 Å². The smallest absolute Gasteiger partial charge is 0.161 e. The van der Waals surface area contributed by atoms with Crippen LogP contribution in [0.3, 0.4) is 0 Å². The lowest BCUT2D eigenvalue weighted by atomic mass is 10.0. The van der Waals surface area contributed by atoms with E-state index in [0.717, 1.165) is 133 Å². The van der Waals surface area contributed by atoms with Crippen LogP contribution in [0.5, 0.6) is 0 Å². The van der Waals surface area contributed by atoms with Crippen molar-refractivity contribution in [3.63, 3.8) is 0 Å². The fourth-order valence-corrected chi connectivity index (χ4v) is 11.4. The van der Waals surface area contributed by atoms with E-state index in [4.69, 9.17) is 28.8 Å². The van der Waals surface area contributed by atoms with Gasteiger partial charge in [-0.15, -0.1) is 0 Å². The molecule has 4 heterocycles. The van der Waals surface area contributed by atoms with E-state index in [1.807, 2.05) is 97.1 Å². The summed E-state index contributed by atoms with van der Waals surface area (Å²) in [7, 11) is 0. The third-order valence-electron chi connectivity index (χ3n) is 15.3. The Bertz CT molecular complexity index is 4880. The molecule has 396 valence electrons. The summed E-state index contributed by atoms with van der Waals surface area (Å²) < 4.78 is 12.7. The molecule has 8 nitrogen and oxygen atoms in total. The number of fused-ring (bicyclic) bond motifs is 9. The number of hydrogen-bond acceptors (Lipinski definition) is 8. The summed E-state index contributed by atoms with van der Waals surface area (Å²) in [5, 5.41) is 6.19. The molecule has 0 aliphatic heterocycles. The molecule has 0 aliphatic rings. The molecule has 0 radical (unpaired) electrons. The lowest BCUT2D eigenvalue weighted by molar-refractivity contribution is 0.669. The Kier molecular flexibility index (Phi) is 12.7. The lowest BCUT2D eigenvalue weighted by Crippen LogP contribution is -2.09. The molecule has 0 saturated carbocycles. The number of nitrogens with zero attached hydrogens (tertiary/aromatic N) is 6. The average molecular weight is 1080 g/mol. The van der Waals surface area contributed by atoms with Crippen LogP contribution >= 0.6 is 0 Å². The maximum Gasteiger partial charge on any atom is 0.161 e. The first-order chi connectivity index (χ1) is 41.6. The third kappa shape index (κ3) is 9.29. The molecule has 0 fully saturated rings. The van der Waals surface area contributed by atoms with Crippen molar-refractivity contribution in [3.8, 4) is 45.3 Å². The highest BCUT2D eigenvalue weighted by Gasteiger charge is 2.21. The van der Waals surface area contributed by atoms with Gasteiger partial charge in [0.15, 0.2) is 17.2 Å². The molecule has 12 aromatic carbocycles. The largest absolute Gasteiger partial charge is 0.456 e. The van der Waals surface area contributed by atoms with Crippen LogP contribution in [0.2, 0.25) is 0 Å². The first kappa shape index (κ1) is 49.6. The number of anilines is 6. The molecule has 0 N–H and O–H groups in total. The number of hydrogen-bond donors (Lipinski definition) is 0. The highest BCUT2D eigenvalue weighted by molar-refractivity contribution is 6.16. The maximum atomic E-state index is 6.43. The van der Waals surface area contributed by atoms with E-state index in [1.165, 1.54) is 0 Å². The molecule has 0 bridgehead atoms. The van der Waals surface area contributed by atoms with Gasteiger partial charge in [-0.1, -0.05) is 194 Å². The molecule has 16 aromatic rings. The molecule has 0 amide bonds. The highest BCUT2D eigenvalue weighted by atomic mass is 16.3. The molecule has 0 atom stereocenters. The van der Waals surface area contributed by atoms with Crippen molar-refractivity contribution in [1.29, 1.82) is 0 Å². The predicted molar refractivity (Wildman–Crippen MR) is 345 cm³/mol. The molecule has 4 aromatic heterocycles. The van der Waals surface area contributed by atoms with E-state index in [2.05, 4.69) is 216 Å². The van der Waals surface area contributed by atoms with Crippen LogP contribution in [0.4, 0.5) is 34.1 Å². The summed E-state index contributed by atoms with van der Waals surface area (Å²) >= 11 is 0. The van der Waals surface area contributed by atoms with Crippen molar-refractivity contribution in [2.24, 2.45) is 0 Å². The molecule has 16 rings (SSSR count). The van der Waals surface area contributed by atoms with Crippen LogP contribution in [0.1, 0.15) is 0 Å². The number of aromatic nitrogens is 4. The number of rotatable bonds is 10. The van der Waals surface area contributed by atoms with E-state index < -0.39 is 0 Å². The van der Waals surface area contributed by atoms with Crippen molar-refractivity contribution < 1.29 is 8.83 Å². The van der Waals surface area contributed by atoms with Crippen molar-refractivity contribution in [3.05, 3.63) is 303 Å². The van der Waals surface area contributed by atoms with Crippen molar-refractivity contribution >= 4 is 99.8 Å². The first-order valence-electron chi connectivity index (χ1n) is 28.0. The van der Waals surface area contributed by atoms with Crippen molar-refractivity contribution in [1.82, 2.24) is 19.9 Å². The number of para-hydroxylation sites is 6. The maximum absolute atomic E-state index is 6.43. The van der Waals surface area contributed by atoms with Crippen LogP contribution in [-0.4, -0.2) is 19.9 Å². The van der Waals surface area contributed by atoms with Crippen LogP contribution < -0.4 is 9.80 Å². The number of furan rings is 2. The number of benzene rings is 12. The van der Waals surface area contributed by atoms with Gasteiger partial charge >= 0.3 is 0 Å². The molecule has 0 spiro atoms. The summed E-state index contributed by atoms with van der Waals surface area (Å²) in [4.78, 5) is 25.2. The van der Waals surface area contributed by atoms with Crippen molar-refractivity contribution in [2.75, 3.05) is 9.80 Å². The zero-order valence-electron chi connectivity index (χ0n) is 45.4. The Morgan fingerprint density at radius 1 is 0.238 bits per heavy atom. The Balaban J connectivity index is 0.000000143. The SMILES string of the molecule is c1ccc(-c2nc(-c3cccc(N(c4ccccc4)c4ccccc4)c3)nc3c2ccc2c4ccccc4oc23)cc1.c1ccc(-c2nc(-c3cccc(N(c4ccccc4)c4ccccc4)c3)nc3cc4c(cc23)oc2ccccc24)cc1. The van der Waals surface area contributed by atoms with Gasteiger partial charge in [-0.3, -0.25) is 0 Å². The van der Waals surface area contributed by atoms with Crippen molar-refractivity contribution in [2.45, 2.75) is 0 Å². The summed E-state index contributed by atoms with van der Waals surface area (Å²) in [5.74, 6) is 1.33. The van der Waals surface area contributed by atoms with E-state index in [0.29, 0.717) is 11.6 Å². The molecule has 8 heteroatoms. The zero-order valence-corrected chi connectivity index (χ0v) is 45.4. The van der Waals surface area contributed by atoms with Gasteiger partial charge in [-0.05, 0) is 109 Å². The van der Waals surface area contributed by atoms with E-state index in [9.17, 15) is 0 Å². The Hall–Kier alpha value is -11.5. The molecular formula is C76H50N6O2. The minimum Gasteiger partial charge on any atom is -0.456 e. The van der Waals surface area contributed by atoms with Gasteiger partial charge in [0, 0.05) is 88.7 Å². The Morgan fingerprint density at radius 2 is 0.631 bits per heavy atom. The Labute approximate surface area is 484 Å². The van der Waals surface area contributed by atoms with Gasteiger partial charge in [0.05, 0.1) is 16.9 Å². The van der Waals surface area contributed by atoms with Gasteiger partial charge < -0.3 is 18.6 Å². The first-order valence-corrected chi connectivity index (χ1v) is 28.0. The van der Waals surface area contributed by atoms with Crippen LogP contribution in [0, 0.1) is 0 Å². The molecular weight excluding hydrogens is 1030 g/mol. The fraction of sp³-hybridized carbons (Fsp3) is 0. The van der Waals surface area contributed by atoms with Gasteiger partial charge in [0.2, 0.25) is 0 Å². The quantitative estimate of drug-likeness (QED) is 0.134. The van der Waals surface area contributed by atoms with E-state index >= 15 is 0 Å². The topological polar surface area (TPSA) is 84.3 Å². The second-order valence-electron chi connectivity index (χ2n) is 20.5. The van der Waals surface area contributed by atoms with Gasteiger partial charge in [0.1, 0.15) is 22.3 Å². The molecule has 84 heavy (non-hydrogen) atoms. The normalized spacial score (nSPS) is 11.3. The minimum absolute atomic E-state index is 0.650. The lowest BCUT2D eigenvalue weighted by Gasteiger charge is -2.25. The zero-order chi connectivity index (χ0) is 55.8. The van der Waals surface area contributed by atoms with Gasteiger partial charge in [0.25, 0.3) is 0 Å². The minimum atomic E-state index is 0.650. The van der Waals surface area contributed by atoms with E-state index in [-0.39, 0.29) is 0 Å². The van der Waals surface area contributed by atoms with Gasteiger partial charge in [-0.25, -0.2) is 19.9 Å². The second kappa shape index (κ2) is 21.5. The second-order valence-corrected chi connectivity index (χ2v) is 20.5. The summed E-state index contributed by atoms with van der Waals surface area (Å²) in [5.41, 5.74) is 17.1. The average Bonchev–Trinajstić information content (AvgIpc) is 3.59. The summed E-state index contributed by atoms with van der Waals surface area (Å²) in [6, 6.07) is 104. The highest BCUT2D eigenvalue weighted by Crippen LogP contribution is 2.42. The predicted octanol–water partition coefficient (Wildman–Crippen LogP) is 20.7. The van der Waals surface area contributed by atoms with Crippen LogP contribution in [-0.2, 0) is 0 Å². The third-order valence-corrected chi connectivity index (χ3v) is 15.3. The standard InChI is InChI=1S/2C38H25N3O/c1-4-13-26(14-5-1)37-33-25-36-32(31-21-10-11-22-35(31)42-36)24-34(33)39-38(40-37)27-15-12-20-30(23-27)41(28-16-6-2-7-17-28)29-18-8-3-9-19-29;1-4-13-26(14-5-1)35-33-24-23-32-31-21-10-11-22-34(31)42-37(32)36(33)40-38(39-35)27-15-12-20-30(25-27)41(28-16-6-2-7-17-28)29-18-8-3-9-19-29/h2*1-25H. The summed E-state index contributed by atoms with van der Waals surface area (Å²) in [6.07, 6.45) is 0. The Morgan fingerprint density at radius 3 is 1.14 bits per heavy atom. The molecule has 0 unspecified atom stereocenters.